The number of hydrogen-bond donors (Lipinski definition) is 2. The molecular weight excluding hydrogens is 356 g/mol. The second kappa shape index (κ2) is 10.1. The first-order valence-corrected chi connectivity index (χ1v) is 11.2. The van der Waals surface area contributed by atoms with Gasteiger partial charge in [0.2, 0.25) is 10.0 Å². The van der Waals surface area contributed by atoms with Crippen molar-refractivity contribution in [2.24, 2.45) is 16.8 Å². The third kappa shape index (κ3) is 6.42. The minimum Gasteiger partial charge on any atom is -0.466 e. The van der Waals surface area contributed by atoms with Gasteiger partial charge in [-0.1, -0.05) is 6.42 Å². The number of carbonyl (C=O) groups is 1. The van der Waals surface area contributed by atoms with Crippen molar-refractivity contribution in [2.45, 2.75) is 39.0 Å². The number of rotatable bonds is 8. The molecule has 0 spiro atoms. The maximum absolute atomic E-state index is 12.1. The lowest BCUT2D eigenvalue weighted by Gasteiger charge is -2.34. The number of likely N-dealkylation sites (tertiary alicyclic amines) is 1. The van der Waals surface area contributed by atoms with E-state index in [9.17, 15) is 13.2 Å². The van der Waals surface area contributed by atoms with E-state index in [0.29, 0.717) is 31.6 Å². The molecule has 0 aromatic heterocycles. The minimum absolute atomic E-state index is 0.00782. The van der Waals surface area contributed by atoms with Crippen LogP contribution in [0, 0.1) is 11.8 Å². The molecule has 1 aliphatic heterocycles. The average molecular weight is 389 g/mol. The van der Waals surface area contributed by atoms with Crippen LogP contribution in [0.2, 0.25) is 0 Å². The predicted octanol–water partition coefficient (Wildman–Crippen LogP) is 0.556. The van der Waals surface area contributed by atoms with Gasteiger partial charge in [0.05, 0.1) is 18.3 Å². The van der Waals surface area contributed by atoms with Crippen molar-refractivity contribution in [1.82, 2.24) is 14.9 Å². The second-order valence-electron chi connectivity index (χ2n) is 6.98. The zero-order valence-electron chi connectivity index (χ0n) is 15.9. The van der Waals surface area contributed by atoms with E-state index in [-0.39, 0.29) is 24.2 Å². The van der Waals surface area contributed by atoms with Gasteiger partial charge >= 0.3 is 5.97 Å². The van der Waals surface area contributed by atoms with E-state index in [1.807, 2.05) is 4.90 Å². The van der Waals surface area contributed by atoms with E-state index in [2.05, 4.69) is 15.0 Å². The van der Waals surface area contributed by atoms with Crippen molar-refractivity contribution in [2.75, 3.05) is 45.6 Å². The predicted molar refractivity (Wildman–Crippen MR) is 101 cm³/mol. The Balaban J connectivity index is 1.76. The van der Waals surface area contributed by atoms with Crippen LogP contribution >= 0.6 is 0 Å². The Labute approximate surface area is 156 Å². The highest BCUT2D eigenvalue weighted by Crippen LogP contribution is 2.25. The number of piperidine rings is 1. The van der Waals surface area contributed by atoms with Crippen LogP contribution in [-0.4, -0.2) is 70.8 Å². The molecule has 26 heavy (non-hydrogen) atoms. The number of hydrogen-bond acceptors (Lipinski definition) is 5. The van der Waals surface area contributed by atoms with Gasteiger partial charge in [-0.3, -0.25) is 9.79 Å². The molecular formula is C17H32N4O4S. The number of carbonyl (C=O) groups excluding carboxylic acids is 1. The van der Waals surface area contributed by atoms with Crippen LogP contribution in [0.3, 0.4) is 0 Å². The fraction of sp³-hybridized carbons (Fsp3) is 0.882. The van der Waals surface area contributed by atoms with Crippen LogP contribution in [-0.2, 0) is 19.6 Å². The topological polar surface area (TPSA) is 100 Å². The summed E-state index contributed by atoms with van der Waals surface area (Å²) in [7, 11) is -1.61. The summed E-state index contributed by atoms with van der Waals surface area (Å²) in [4.78, 5) is 18.2. The van der Waals surface area contributed by atoms with E-state index < -0.39 is 10.0 Å². The molecule has 1 aliphatic carbocycles. The van der Waals surface area contributed by atoms with Crippen molar-refractivity contribution >= 4 is 22.0 Å². The third-order valence-corrected chi connectivity index (χ3v) is 6.37. The SMILES string of the molecule is CCOC(=O)C1CCCN(C(=NC)NCCS(=O)(=O)NCC2CCC2)C1. The molecule has 0 aromatic rings. The first-order valence-electron chi connectivity index (χ1n) is 9.54. The molecule has 0 amide bonds. The average Bonchev–Trinajstić information content (AvgIpc) is 2.57. The van der Waals surface area contributed by atoms with Gasteiger partial charge in [0.25, 0.3) is 0 Å². The van der Waals surface area contributed by atoms with Crippen LogP contribution in [0.15, 0.2) is 4.99 Å². The van der Waals surface area contributed by atoms with Gasteiger partial charge < -0.3 is 15.0 Å². The molecule has 1 saturated carbocycles. The maximum Gasteiger partial charge on any atom is 0.310 e. The van der Waals surface area contributed by atoms with E-state index in [1.54, 1.807) is 14.0 Å². The monoisotopic (exact) mass is 388 g/mol. The van der Waals surface area contributed by atoms with Crippen LogP contribution in [0.25, 0.3) is 0 Å². The molecule has 0 aromatic carbocycles. The minimum atomic E-state index is -3.28. The number of nitrogens with one attached hydrogen (secondary N) is 2. The van der Waals surface area contributed by atoms with Gasteiger partial charge in [-0.05, 0) is 38.5 Å². The number of sulfonamides is 1. The highest BCUT2D eigenvalue weighted by atomic mass is 32.2. The summed E-state index contributed by atoms with van der Waals surface area (Å²) in [6.07, 6.45) is 5.12. The van der Waals surface area contributed by atoms with Gasteiger partial charge in [-0.15, -0.1) is 0 Å². The quantitative estimate of drug-likeness (QED) is 0.358. The molecule has 0 bridgehead atoms. The lowest BCUT2D eigenvalue weighted by atomic mass is 9.86. The lowest BCUT2D eigenvalue weighted by molar-refractivity contribution is -0.149. The Morgan fingerprint density at radius 1 is 1.27 bits per heavy atom. The summed E-state index contributed by atoms with van der Waals surface area (Å²) < 4.78 is 31.9. The van der Waals surface area contributed by atoms with Crippen molar-refractivity contribution < 1.29 is 17.9 Å². The normalized spacial score (nSPS) is 22.0. The van der Waals surface area contributed by atoms with Gasteiger partial charge in [0.1, 0.15) is 0 Å². The number of nitrogens with zero attached hydrogens (tertiary/aromatic N) is 2. The van der Waals surface area contributed by atoms with Crippen molar-refractivity contribution in [3.63, 3.8) is 0 Å². The summed E-state index contributed by atoms with van der Waals surface area (Å²) in [6, 6.07) is 0. The van der Waals surface area contributed by atoms with Crippen LogP contribution in [0.4, 0.5) is 0 Å². The maximum atomic E-state index is 12.1. The molecule has 1 atom stereocenters. The Kier molecular flexibility index (Phi) is 8.15. The Morgan fingerprint density at radius 3 is 2.65 bits per heavy atom. The number of ether oxygens (including phenoxy) is 1. The highest BCUT2D eigenvalue weighted by Gasteiger charge is 2.28. The largest absolute Gasteiger partial charge is 0.466 e. The third-order valence-electron chi connectivity index (χ3n) is 5.02. The Morgan fingerprint density at radius 2 is 2.04 bits per heavy atom. The molecule has 150 valence electrons. The summed E-state index contributed by atoms with van der Waals surface area (Å²) in [6.45, 7) is 4.36. The first-order chi connectivity index (χ1) is 12.4. The molecule has 1 saturated heterocycles. The van der Waals surface area contributed by atoms with E-state index >= 15 is 0 Å². The number of guanidine groups is 1. The molecule has 9 heteroatoms. The van der Waals surface area contributed by atoms with Crippen molar-refractivity contribution in [1.29, 1.82) is 0 Å². The molecule has 2 N–H and O–H groups in total. The second-order valence-corrected chi connectivity index (χ2v) is 8.90. The van der Waals surface area contributed by atoms with E-state index in [4.69, 9.17) is 4.74 Å². The van der Waals surface area contributed by atoms with Crippen molar-refractivity contribution in [3.8, 4) is 0 Å². The lowest BCUT2D eigenvalue weighted by Crippen LogP contribution is -2.49. The van der Waals surface area contributed by atoms with Gasteiger partial charge in [0, 0.05) is 33.2 Å². The van der Waals surface area contributed by atoms with E-state index in [0.717, 1.165) is 32.2 Å². The molecule has 2 rings (SSSR count). The van der Waals surface area contributed by atoms with Crippen molar-refractivity contribution in [3.05, 3.63) is 0 Å². The molecule has 0 radical (unpaired) electrons. The van der Waals surface area contributed by atoms with Gasteiger partial charge in [-0.2, -0.15) is 0 Å². The standard InChI is InChI=1S/C17H32N4O4S/c1-3-25-16(22)15-8-5-10-21(13-15)17(18-2)19-9-11-26(23,24)20-12-14-6-4-7-14/h14-15,20H,3-13H2,1-2H3,(H,18,19). The summed E-state index contributed by atoms with van der Waals surface area (Å²) in [5.74, 6) is 0.811. The Bertz CT molecular complexity index is 590. The van der Waals surface area contributed by atoms with Gasteiger partial charge in [0.15, 0.2) is 5.96 Å². The number of aliphatic imine (C=N–C) groups is 1. The van der Waals surface area contributed by atoms with Crippen LogP contribution in [0.1, 0.15) is 39.0 Å². The summed E-state index contributed by atoms with van der Waals surface area (Å²) in [5, 5.41) is 3.11. The molecule has 2 fully saturated rings. The number of esters is 1. The highest BCUT2D eigenvalue weighted by molar-refractivity contribution is 7.89. The summed E-state index contributed by atoms with van der Waals surface area (Å²) in [5.41, 5.74) is 0. The zero-order chi connectivity index (χ0) is 19.0. The van der Waals surface area contributed by atoms with Gasteiger partial charge in [-0.25, -0.2) is 13.1 Å². The molecule has 1 heterocycles. The summed E-state index contributed by atoms with van der Waals surface area (Å²) >= 11 is 0. The first kappa shape index (κ1) is 21.0. The molecule has 1 unspecified atom stereocenters. The molecule has 8 nitrogen and oxygen atoms in total. The molecule has 2 aliphatic rings. The van der Waals surface area contributed by atoms with Crippen LogP contribution < -0.4 is 10.0 Å². The van der Waals surface area contributed by atoms with E-state index in [1.165, 1.54) is 6.42 Å². The fourth-order valence-electron chi connectivity index (χ4n) is 3.27. The Hall–Kier alpha value is -1.35. The van der Waals surface area contributed by atoms with Crippen LogP contribution in [0.5, 0.6) is 0 Å². The smallest absolute Gasteiger partial charge is 0.310 e. The fourth-order valence-corrected chi connectivity index (χ4v) is 4.27. The zero-order valence-corrected chi connectivity index (χ0v) is 16.7.